The van der Waals surface area contributed by atoms with Gasteiger partial charge in [0.25, 0.3) is 5.91 Å². The van der Waals surface area contributed by atoms with E-state index in [-0.39, 0.29) is 5.91 Å². The molecule has 3 aliphatic rings. The van der Waals surface area contributed by atoms with Crippen LogP contribution in [0.3, 0.4) is 0 Å². The molecule has 1 aromatic heterocycles. The first-order valence-electron chi connectivity index (χ1n) is 12.9. The van der Waals surface area contributed by atoms with Crippen LogP contribution in [0.25, 0.3) is 0 Å². The number of carbonyl (C=O) groups is 1. The lowest BCUT2D eigenvalue weighted by atomic mass is 9.78. The average molecular weight is 494 g/mol. The van der Waals surface area contributed by atoms with Crippen LogP contribution in [0.1, 0.15) is 40.5 Å². The van der Waals surface area contributed by atoms with E-state index in [4.69, 9.17) is 4.74 Å². The molecular weight excluding hydrogens is 462 g/mol. The maximum Gasteiger partial charge on any atom is 0.251 e. The average Bonchev–Trinajstić information content (AvgIpc) is 3.38. The van der Waals surface area contributed by atoms with Crippen LogP contribution in [0.2, 0.25) is 0 Å². The molecule has 188 valence electrons. The maximum atomic E-state index is 12.9. The van der Waals surface area contributed by atoms with Gasteiger partial charge in [-0.05, 0) is 60.9 Å². The van der Waals surface area contributed by atoms with Gasteiger partial charge in [0.05, 0.1) is 31.5 Å². The van der Waals surface area contributed by atoms with Crippen molar-refractivity contribution >= 4 is 17.3 Å². The highest BCUT2D eigenvalue weighted by Crippen LogP contribution is 2.43. The van der Waals surface area contributed by atoms with E-state index >= 15 is 0 Å². The first-order valence-corrected chi connectivity index (χ1v) is 12.9. The van der Waals surface area contributed by atoms with Gasteiger partial charge in [-0.15, -0.1) is 0 Å². The minimum Gasteiger partial charge on any atom is -0.375 e. The van der Waals surface area contributed by atoms with E-state index in [1.807, 2.05) is 25.3 Å². The molecule has 1 N–H and O–H groups in total. The lowest BCUT2D eigenvalue weighted by Gasteiger charge is -2.49. The summed E-state index contributed by atoms with van der Waals surface area (Å²) in [5.41, 5.74) is 5.28. The Morgan fingerprint density at radius 1 is 1.08 bits per heavy atom. The minimum absolute atomic E-state index is 0.170. The number of para-hydroxylation sites is 1. The van der Waals surface area contributed by atoms with E-state index < -0.39 is 5.41 Å². The number of hydrogen-bond donors (Lipinski definition) is 1. The molecule has 3 aromatic rings. The zero-order valence-electron chi connectivity index (χ0n) is 21.1. The maximum absolute atomic E-state index is 12.9. The van der Waals surface area contributed by atoms with Crippen molar-refractivity contribution in [3.8, 4) is 6.07 Å². The fourth-order valence-electron chi connectivity index (χ4n) is 5.92. The molecule has 1 spiro atoms. The lowest BCUT2D eigenvalue weighted by Crippen LogP contribution is -2.57. The molecule has 0 unspecified atom stereocenters. The van der Waals surface area contributed by atoms with Crippen molar-refractivity contribution in [3.05, 3.63) is 89.2 Å². The van der Waals surface area contributed by atoms with Crippen molar-refractivity contribution in [2.45, 2.75) is 31.9 Å². The number of aromatic nitrogens is 1. The molecule has 0 radical (unpaired) electrons. The van der Waals surface area contributed by atoms with Gasteiger partial charge in [0.1, 0.15) is 5.41 Å². The number of nitriles is 1. The monoisotopic (exact) mass is 493 g/mol. The van der Waals surface area contributed by atoms with Crippen LogP contribution < -0.4 is 15.1 Å². The summed E-state index contributed by atoms with van der Waals surface area (Å²) in [5, 5.41) is 12.7. The number of nitrogens with one attached hydrogen (secondary N) is 1. The normalized spacial score (nSPS) is 21.7. The van der Waals surface area contributed by atoms with Crippen LogP contribution in [-0.2, 0) is 23.3 Å². The highest BCUT2D eigenvalue weighted by atomic mass is 16.5. The van der Waals surface area contributed by atoms with E-state index in [0.717, 1.165) is 48.7 Å². The molecule has 0 saturated carbocycles. The first kappa shape index (κ1) is 23.5. The van der Waals surface area contributed by atoms with Crippen LogP contribution in [0.5, 0.6) is 0 Å². The Hall–Kier alpha value is -3.89. The second-order valence-electron chi connectivity index (χ2n) is 10.9. The number of carbonyl (C=O) groups excluding carboxylic acids is 1. The Balaban J connectivity index is 1.07. The third kappa shape index (κ3) is 4.42. The zero-order chi connectivity index (χ0) is 25.5. The van der Waals surface area contributed by atoms with Gasteiger partial charge in [-0.1, -0.05) is 24.3 Å². The highest BCUT2D eigenvalue weighted by molar-refractivity contribution is 5.94. The fourth-order valence-corrected chi connectivity index (χ4v) is 5.92. The molecule has 3 aliphatic heterocycles. The third-order valence-electron chi connectivity index (χ3n) is 8.07. The smallest absolute Gasteiger partial charge is 0.251 e. The van der Waals surface area contributed by atoms with Crippen molar-refractivity contribution in [3.63, 3.8) is 0 Å². The number of fused-ring (bicyclic) bond motifs is 1. The van der Waals surface area contributed by atoms with Crippen LogP contribution in [-0.4, -0.2) is 43.7 Å². The summed E-state index contributed by atoms with van der Waals surface area (Å²) in [6, 6.07) is 22.7. The summed E-state index contributed by atoms with van der Waals surface area (Å²) in [5.74, 6) is -0.170. The van der Waals surface area contributed by atoms with E-state index in [0.29, 0.717) is 30.7 Å². The third-order valence-corrected chi connectivity index (χ3v) is 8.07. The van der Waals surface area contributed by atoms with Crippen LogP contribution in [0.15, 0.2) is 66.9 Å². The number of hydrogen-bond acceptors (Lipinski definition) is 6. The van der Waals surface area contributed by atoms with Crippen molar-refractivity contribution < 1.29 is 9.53 Å². The molecule has 7 nitrogen and oxygen atoms in total. The SMILES string of the molecule is C[C@@]1(C#N)COCc2ccc(C(=O)NCc3cc(N4CC5(CCN(c6ccccc6)C5)C4)ccn3)cc21. The molecule has 4 heterocycles. The molecule has 1 amide bonds. The summed E-state index contributed by atoms with van der Waals surface area (Å²) in [6.07, 6.45) is 3.04. The molecule has 0 aliphatic carbocycles. The standard InChI is InChI=1S/C30H31N5O2/c1-29(17-31)21-37-16-23-8-7-22(13-27(23)29)28(36)33-15-24-14-26(9-11-32-24)35-19-30(20-35)10-12-34(18-30)25-5-3-2-4-6-25/h2-9,11,13-14H,10,12,15-16,18-21H2,1H3,(H,33,36)/t29-/m1/s1. The van der Waals surface area contributed by atoms with Crippen molar-refractivity contribution in [2.75, 3.05) is 42.6 Å². The zero-order valence-corrected chi connectivity index (χ0v) is 21.1. The number of anilines is 2. The summed E-state index contributed by atoms with van der Waals surface area (Å²) < 4.78 is 5.57. The van der Waals surface area contributed by atoms with Gasteiger partial charge in [-0.3, -0.25) is 9.78 Å². The Kier molecular flexibility index (Phi) is 5.85. The van der Waals surface area contributed by atoms with Gasteiger partial charge >= 0.3 is 0 Å². The number of rotatable bonds is 5. The highest BCUT2D eigenvalue weighted by Gasteiger charge is 2.47. The van der Waals surface area contributed by atoms with Gasteiger partial charge in [0.2, 0.25) is 0 Å². The van der Waals surface area contributed by atoms with Crippen molar-refractivity contribution in [1.29, 1.82) is 5.26 Å². The van der Waals surface area contributed by atoms with Gasteiger partial charge in [-0.2, -0.15) is 5.26 Å². The molecule has 2 saturated heterocycles. The Labute approximate surface area is 217 Å². The molecule has 2 fully saturated rings. The van der Waals surface area contributed by atoms with Gasteiger partial charge in [0.15, 0.2) is 0 Å². The number of amides is 1. The Morgan fingerprint density at radius 3 is 2.70 bits per heavy atom. The second kappa shape index (κ2) is 9.20. The number of pyridine rings is 1. The molecule has 7 heteroatoms. The van der Waals surface area contributed by atoms with E-state index in [2.05, 4.69) is 68.6 Å². The van der Waals surface area contributed by atoms with Crippen LogP contribution in [0, 0.1) is 16.7 Å². The van der Waals surface area contributed by atoms with Crippen molar-refractivity contribution in [2.24, 2.45) is 5.41 Å². The molecule has 2 aromatic carbocycles. The van der Waals surface area contributed by atoms with Crippen LogP contribution >= 0.6 is 0 Å². The molecule has 0 bridgehead atoms. The van der Waals surface area contributed by atoms with Crippen LogP contribution in [0.4, 0.5) is 11.4 Å². The van der Waals surface area contributed by atoms with Gasteiger partial charge in [-0.25, -0.2) is 0 Å². The van der Waals surface area contributed by atoms with Gasteiger partial charge < -0.3 is 19.9 Å². The summed E-state index contributed by atoms with van der Waals surface area (Å²) >= 11 is 0. The second-order valence-corrected chi connectivity index (χ2v) is 10.9. The van der Waals surface area contributed by atoms with E-state index in [1.54, 1.807) is 6.07 Å². The first-order chi connectivity index (χ1) is 18.0. The lowest BCUT2D eigenvalue weighted by molar-refractivity contribution is 0.0757. The number of benzene rings is 2. The van der Waals surface area contributed by atoms with Gasteiger partial charge in [0, 0.05) is 54.7 Å². The summed E-state index contributed by atoms with van der Waals surface area (Å²) in [4.78, 5) is 22.3. The molecule has 1 atom stereocenters. The van der Waals surface area contributed by atoms with Crippen molar-refractivity contribution in [1.82, 2.24) is 10.3 Å². The largest absolute Gasteiger partial charge is 0.375 e. The molecule has 6 rings (SSSR count). The molecule has 37 heavy (non-hydrogen) atoms. The summed E-state index contributed by atoms with van der Waals surface area (Å²) in [6.45, 7) is 7.29. The Bertz CT molecular complexity index is 1360. The fraction of sp³-hybridized carbons (Fsp3) is 0.367. The van der Waals surface area contributed by atoms with E-state index in [9.17, 15) is 10.1 Å². The van der Waals surface area contributed by atoms with E-state index in [1.165, 1.54) is 12.1 Å². The predicted octanol–water partition coefficient (Wildman–Crippen LogP) is 4.04. The number of ether oxygens (including phenoxy) is 1. The summed E-state index contributed by atoms with van der Waals surface area (Å²) in [7, 11) is 0. The topological polar surface area (TPSA) is 81.5 Å². The number of nitrogens with zero attached hydrogens (tertiary/aromatic N) is 4. The molecular formula is C30H31N5O2. The quantitative estimate of drug-likeness (QED) is 0.578. The minimum atomic E-state index is -0.744. The Morgan fingerprint density at radius 2 is 1.89 bits per heavy atom. The predicted molar refractivity (Wildman–Crippen MR) is 142 cm³/mol.